The van der Waals surface area contributed by atoms with E-state index in [-0.39, 0.29) is 18.0 Å². The van der Waals surface area contributed by atoms with Crippen LogP contribution in [-0.2, 0) is 9.53 Å². The zero-order valence-corrected chi connectivity index (χ0v) is 11.6. The van der Waals surface area contributed by atoms with Crippen LogP contribution in [0.1, 0.15) is 40.0 Å². The third-order valence-corrected chi connectivity index (χ3v) is 3.03. The average Bonchev–Trinajstić information content (AvgIpc) is 2.29. The Morgan fingerprint density at radius 3 is 2.44 bits per heavy atom. The van der Waals surface area contributed by atoms with Gasteiger partial charge in [0.25, 0.3) is 0 Å². The Hall–Kier alpha value is -1.26. The van der Waals surface area contributed by atoms with Crippen LogP contribution in [0, 0.1) is 5.92 Å². The highest BCUT2D eigenvalue weighted by Crippen LogP contribution is 2.13. The van der Waals surface area contributed by atoms with Gasteiger partial charge in [0.1, 0.15) is 0 Å². The fourth-order valence-corrected chi connectivity index (χ4v) is 2.09. The van der Waals surface area contributed by atoms with Crippen molar-refractivity contribution in [3.63, 3.8) is 0 Å². The number of piperidine rings is 1. The molecule has 1 aliphatic heterocycles. The molecule has 0 atom stereocenters. The smallest absolute Gasteiger partial charge is 0.407 e. The number of likely N-dealkylation sites (tertiary alicyclic amines) is 1. The van der Waals surface area contributed by atoms with Gasteiger partial charge in [0.2, 0.25) is 5.91 Å². The van der Waals surface area contributed by atoms with E-state index in [0.717, 1.165) is 25.9 Å². The van der Waals surface area contributed by atoms with E-state index in [4.69, 9.17) is 4.74 Å². The number of hydrogen-bond acceptors (Lipinski definition) is 3. The molecule has 0 saturated carbocycles. The maximum absolute atomic E-state index is 11.9. The molecule has 2 amide bonds. The highest BCUT2D eigenvalue weighted by molar-refractivity contribution is 5.76. The van der Waals surface area contributed by atoms with Crippen molar-refractivity contribution in [2.24, 2.45) is 5.92 Å². The topological polar surface area (TPSA) is 58.6 Å². The molecule has 104 valence electrons. The number of nitrogens with zero attached hydrogens (tertiary/aromatic N) is 1. The maximum Gasteiger partial charge on any atom is 0.407 e. The Bertz CT molecular complexity index is 284. The summed E-state index contributed by atoms with van der Waals surface area (Å²) >= 11 is 0. The highest BCUT2D eigenvalue weighted by Gasteiger charge is 2.24. The van der Waals surface area contributed by atoms with Crippen molar-refractivity contribution in [2.75, 3.05) is 19.7 Å². The largest absolute Gasteiger partial charge is 0.450 e. The molecule has 5 heteroatoms. The first-order valence-corrected chi connectivity index (χ1v) is 6.74. The molecule has 0 radical (unpaired) electrons. The van der Waals surface area contributed by atoms with Crippen LogP contribution in [0.3, 0.4) is 0 Å². The van der Waals surface area contributed by atoms with Crippen molar-refractivity contribution >= 4 is 12.0 Å². The summed E-state index contributed by atoms with van der Waals surface area (Å²) in [6.07, 6.45) is 1.87. The first-order valence-electron chi connectivity index (χ1n) is 6.74. The van der Waals surface area contributed by atoms with Gasteiger partial charge in [-0.15, -0.1) is 0 Å². The minimum Gasteiger partial charge on any atom is -0.450 e. The Balaban J connectivity index is 2.28. The van der Waals surface area contributed by atoms with Crippen LogP contribution in [0.2, 0.25) is 0 Å². The summed E-state index contributed by atoms with van der Waals surface area (Å²) in [7, 11) is 0. The Morgan fingerprint density at radius 2 is 1.94 bits per heavy atom. The van der Waals surface area contributed by atoms with Gasteiger partial charge in [-0.2, -0.15) is 0 Å². The minimum atomic E-state index is -0.357. The second-order valence-electron chi connectivity index (χ2n) is 5.12. The molecule has 0 spiro atoms. The summed E-state index contributed by atoms with van der Waals surface area (Å²) in [5.41, 5.74) is 0. The van der Waals surface area contributed by atoms with Gasteiger partial charge in [0.15, 0.2) is 0 Å². The lowest BCUT2D eigenvalue weighted by Gasteiger charge is -2.32. The molecule has 1 rings (SSSR count). The van der Waals surface area contributed by atoms with Crippen LogP contribution >= 0.6 is 0 Å². The lowest BCUT2D eigenvalue weighted by Crippen LogP contribution is -2.46. The van der Waals surface area contributed by atoms with Crippen molar-refractivity contribution in [2.45, 2.75) is 46.1 Å². The van der Waals surface area contributed by atoms with Gasteiger partial charge in [-0.3, -0.25) is 4.79 Å². The van der Waals surface area contributed by atoms with E-state index in [1.54, 1.807) is 6.92 Å². The summed E-state index contributed by atoms with van der Waals surface area (Å²) in [6, 6.07) is 0.132. The number of carbonyl (C=O) groups is 2. The van der Waals surface area contributed by atoms with Gasteiger partial charge in [0, 0.05) is 25.6 Å². The van der Waals surface area contributed by atoms with Crippen LogP contribution in [0.5, 0.6) is 0 Å². The molecule has 5 nitrogen and oxygen atoms in total. The number of nitrogens with one attached hydrogen (secondary N) is 1. The second kappa shape index (κ2) is 7.24. The van der Waals surface area contributed by atoms with Crippen LogP contribution in [0.15, 0.2) is 0 Å². The van der Waals surface area contributed by atoms with Crippen molar-refractivity contribution in [3.05, 3.63) is 0 Å². The van der Waals surface area contributed by atoms with Gasteiger partial charge < -0.3 is 15.0 Å². The highest BCUT2D eigenvalue weighted by atomic mass is 16.5. The SMILES string of the molecule is CCOC(=O)NC1CCN(C(=O)CC(C)C)CC1. The van der Waals surface area contributed by atoms with Gasteiger partial charge in [-0.05, 0) is 25.7 Å². The Kier molecular flexibility index (Phi) is 5.95. The Labute approximate surface area is 109 Å². The number of hydrogen-bond donors (Lipinski definition) is 1. The van der Waals surface area contributed by atoms with Gasteiger partial charge in [-0.1, -0.05) is 13.8 Å². The van der Waals surface area contributed by atoms with Crippen LogP contribution in [0.4, 0.5) is 4.79 Å². The Morgan fingerprint density at radius 1 is 1.33 bits per heavy atom. The standard InChI is InChI=1S/C13H24N2O3/c1-4-18-13(17)14-11-5-7-15(8-6-11)12(16)9-10(2)3/h10-11H,4-9H2,1-3H3,(H,14,17). The van der Waals surface area contributed by atoms with E-state index in [2.05, 4.69) is 5.32 Å². The van der Waals surface area contributed by atoms with E-state index in [9.17, 15) is 9.59 Å². The van der Waals surface area contributed by atoms with Gasteiger partial charge >= 0.3 is 6.09 Å². The lowest BCUT2D eigenvalue weighted by atomic mass is 10.0. The molecule has 0 bridgehead atoms. The first-order chi connectivity index (χ1) is 8.52. The predicted octanol–water partition coefficient (Wildman–Crippen LogP) is 1.77. The predicted molar refractivity (Wildman–Crippen MR) is 69.2 cm³/mol. The molecule has 1 aliphatic rings. The summed E-state index contributed by atoms with van der Waals surface area (Å²) < 4.78 is 4.84. The van der Waals surface area contributed by atoms with E-state index in [1.807, 2.05) is 18.7 Å². The third kappa shape index (κ3) is 4.94. The molecule has 0 aromatic heterocycles. The molecular formula is C13H24N2O3. The number of alkyl carbamates (subject to hydrolysis) is 1. The normalized spacial score (nSPS) is 16.8. The molecule has 0 aromatic carbocycles. The van der Waals surface area contributed by atoms with E-state index < -0.39 is 0 Å². The van der Waals surface area contributed by atoms with E-state index >= 15 is 0 Å². The quantitative estimate of drug-likeness (QED) is 0.834. The average molecular weight is 256 g/mol. The fourth-order valence-electron chi connectivity index (χ4n) is 2.09. The minimum absolute atomic E-state index is 0.132. The molecule has 18 heavy (non-hydrogen) atoms. The molecule has 0 aliphatic carbocycles. The summed E-state index contributed by atoms with van der Waals surface area (Å²) in [4.78, 5) is 25.0. The number of amides is 2. The molecule has 1 saturated heterocycles. The second-order valence-corrected chi connectivity index (χ2v) is 5.12. The molecule has 1 N–H and O–H groups in total. The van der Waals surface area contributed by atoms with Gasteiger partial charge in [-0.25, -0.2) is 4.79 Å². The fraction of sp³-hybridized carbons (Fsp3) is 0.846. The number of carbonyl (C=O) groups excluding carboxylic acids is 2. The molecule has 1 heterocycles. The number of rotatable bonds is 4. The van der Waals surface area contributed by atoms with Crippen molar-refractivity contribution in [3.8, 4) is 0 Å². The molecule has 0 unspecified atom stereocenters. The third-order valence-electron chi connectivity index (χ3n) is 3.03. The van der Waals surface area contributed by atoms with Crippen molar-refractivity contribution in [1.29, 1.82) is 0 Å². The molecule has 1 fully saturated rings. The monoisotopic (exact) mass is 256 g/mol. The molecular weight excluding hydrogens is 232 g/mol. The van der Waals surface area contributed by atoms with E-state index in [0.29, 0.717) is 18.9 Å². The summed E-state index contributed by atoms with van der Waals surface area (Å²) in [5, 5.41) is 2.82. The zero-order chi connectivity index (χ0) is 13.5. The van der Waals surface area contributed by atoms with Crippen LogP contribution < -0.4 is 5.32 Å². The summed E-state index contributed by atoms with van der Waals surface area (Å²) in [5.74, 6) is 0.618. The summed E-state index contributed by atoms with van der Waals surface area (Å²) in [6.45, 7) is 7.72. The zero-order valence-electron chi connectivity index (χ0n) is 11.6. The molecule has 0 aromatic rings. The van der Waals surface area contributed by atoms with Crippen molar-refractivity contribution in [1.82, 2.24) is 10.2 Å². The number of ether oxygens (including phenoxy) is 1. The maximum atomic E-state index is 11.9. The van der Waals surface area contributed by atoms with Gasteiger partial charge in [0.05, 0.1) is 6.61 Å². The van der Waals surface area contributed by atoms with Crippen LogP contribution in [-0.4, -0.2) is 42.6 Å². The van der Waals surface area contributed by atoms with Crippen molar-refractivity contribution < 1.29 is 14.3 Å². The lowest BCUT2D eigenvalue weighted by molar-refractivity contribution is -0.133. The first kappa shape index (κ1) is 14.8. The van der Waals surface area contributed by atoms with E-state index in [1.165, 1.54) is 0 Å². The van der Waals surface area contributed by atoms with Crippen LogP contribution in [0.25, 0.3) is 0 Å².